The highest BCUT2D eigenvalue weighted by Gasteiger charge is 2.27. The van der Waals surface area contributed by atoms with Crippen LogP contribution in [-0.4, -0.2) is 50.2 Å². The Bertz CT molecular complexity index is 168. The Kier molecular flexibility index (Phi) is 2.86. The number of rotatable bonds is 2. The molecule has 2 N–H and O–H groups in total. The Morgan fingerprint density at radius 1 is 1.38 bits per heavy atom. The lowest BCUT2D eigenvalue weighted by Crippen LogP contribution is -2.61. The molecule has 2 aliphatic heterocycles. The van der Waals surface area contributed by atoms with Gasteiger partial charge in [-0.05, 0) is 25.9 Å². The number of piperidine rings is 1. The first-order chi connectivity index (χ1) is 6.25. The molecular weight excluding hydrogens is 162 g/mol. The largest absolute Gasteiger partial charge is 0.314 e. The van der Waals surface area contributed by atoms with Crippen LogP contribution >= 0.6 is 0 Å². The SMILES string of the molecule is CC1CN(C)CCC1NC1CNC1. The fraction of sp³-hybridized carbons (Fsp3) is 1.00. The molecule has 2 atom stereocenters. The summed E-state index contributed by atoms with van der Waals surface area (Å²) in [5.41, 5.74) is 0. The molecule has 2 aliphatic rings. The van der Waals surface area contributed by atoms with Crippen LogP contribution in [-0.2, 0) is 0 Å². The van der Waals surface area contributed by atoms with Gasteiger partial charge in [-0.25, -0.2) is 0 Å². The molecule has 0 radical (unpaired) electrons. The normalized spacial score (nSPS) is 37.4. The van der Waals surface area contributed by atoms with E-state index in [4.69, 9.17) is 0 Å². The average Bonchev–Trinajstić information content (AvgIpc) is 1.99. The van der Waals surface area contributed by atoms with E-state index < -0.39 is 0 Å². The van der Waals surface area contributed by atoms with Crippen molar-refractivity contribution in [1.29, 1.82) is 0 Å². The number of hydrogen-bond acceptors (Lipinski definition) is 3. The summed E-state index contributed by atoms with van der Waals surface area (Å²) in [4.78, 5) is 2.43. The second-order valence-corrected chi connectivity index (χ2v) is 4.66. The van der Waals surface area contributed by atoms with Gasteiger partial charge in [0, 0.05) is 31.7 Å². The van der Waals surface area contributed by atoms with Crippen molar-refractivity contribution in [3.05, 3.63) is 0 Å². The molecule has 3 nitrogen and oxygen atoms in total. The topological polar surface area (TPSA) is 27.3 Å². The Balaban J connectivity index is 1.77. The van der Waals surface area contributed by atoms with Gasteiger partial charge in [0.15, 0.2) is 0 Å². The van der Waals surface area contributed by atoms with Gasteiger partial charge < -0.3 is 15.5 Å². The van der Waals surface area contributed by atoms with Crippen molar-refractivity contribution >= 4 is 0 Å². The smallest absolute Gasteiger partial charge is 0.0320 e. The highest BCUT2D eigenvalue weighted by molar-refractivity contribution is 4.89. The Morgan fingerprint density at radius 3 is 2.69 bits per heavy atom. The quantitative estimate of drug-likeness (QED) is 0.625. The van der Waals surface area contributed by atoms with Gasteiger partial charge in [-0.2, -0.15) is 0 Å². The van der Waals surface area contributed by atoms with Crippen molar-refractivity contribution in [2.45, 2.75) is 25.4 Å². The third kappa shape index (κ3) is 2.22. The summed E-state index contributed by atoms with van der Waals surface area (Å²) < 4.78 is 0. The van der Waals surface area contributed by atoms with Crippen LogP contribution in [0.2, 0.25) is 0 Å². The first-order valence-electron chi connectivity index (χ1n) is 5.41. The summed E-state index contributed by atoms with van der Waals surface area (Å²) in [6, 6.07) is 1.50. The maximum Gasteiger partial charge on any atom is 0.0320 e. The van der Waals surface area contributed by atoms with E-state index in [9.17, 15) is 0 Å². The van der Waals surface area contributed by atoms with E-state index in [-0.39, 0.29) is 0 Å². The lowest BCUT2D eigenvalue weighted by molar-refractivity contribution is 0.156. The van der Waals surface area contributed by atoms with E-state index in [0.29, 0.717) is 0 Å². The van der Waals surface area contributed by atoms with Crippen LogP contribution in [0.15, 0.2) is 0 Å². The summed E-state index contributed by atoms with van der Waals surface area (Å²) in [7, 11) is 2.22. The molecule has 0 amide bonds. The molecule has 0 aromatic rings. The summed E-state index contributed by atoms with van der Waals surface area (Å²) in [5.74, 6) is 0.805. The summed E-state index contributed by atoms with van der Waals surface area (Å²) >= 11 is 0. The molecule has 0 aromatic carbocycles. The molecule has 2 fully saturated rings. The Labute approximate surface area is 80.9 Å². The summed E-state index contributed by atoms with van der Waals surface area (Å²) in [6.45, 7) is 7.19. The van der Waals surface area contributed by atoms with Gasteiger partial charge in [0.25, 0.3) is 0 Å². The summed E-state index contributed by atoms with van der Waals surface area (Å²) in [6.07, 6.45) is 1.31. The number of nitrogens with zero attached hydrogens (tertiary/aromatic N) is 1. The lowest BCUT2D eigenvalue weighted by Gasteiger charge is -2.40. The molecule has 0 aromatic heterocycles. The zero-order valence-corrected chi connectivity index (χ0v) is 8.71. The van der Waals surface area contributed by atoms with Crippen molar-refractivity contribution in [2.24, 2.45) is 5.92 Å². The monoisotopic (exact) mass is 183 g/mol. The van der Waals surface area contributed by atoms with Crippen LogP contribution in [0.4, 0.5) is 0 Å². The van der Waals surface area contributed by atoms with E-state index >= 15 is 0 Å². The lowest BCUT2D eigenvalue weighted by atomic mass is 9.93. The van der Waals surface area contributed by atoms with Crippen LogP contribution in [0.25, 0.3) is 0 Å². The minimum atomic E-state index is 0.746. The van der Waals surface area contributed by atoms with Crippen LogP contribution in [0.3, 0.4) is 0 Å². The molecule has 0 saturated carbocycles. The predicted molar refractivity (Wildman–Crippen MR) is 54.9 cm³/mol. The third-order valence-corrected chi connectivity index (χ3v) is 3.34. The first kappa shape index (κ1) is 9.44. The second kappa shape index (κ2) is 3.95. The van der Waals surface area contributed by atoms with Gasteiger partial charge in [-0.15, -0.1) is 0 Å². The number of hydrogen-bond donors (Lipinski definition) is 2. The van der Waals surface area contributed by atoms with Crippen molar-refractivity contribution < 1.29 is 0 Å². The molecule has 2 rings (SSSR count). The fourth-order valence-corrected chi connectivity index (χ4v) is 2.31. The van der Waals surface area contributed by atoms with E-state index in [2.05, 4.69) is 29.5 Å². The minimum absolute atomic E-state index is 0.746. The maximum atomic E-state index is 3.74. The summed E-state index contributed by atoms with van der Waals surface area (Å²) in [5, 5.41) is 7.04. The minimum Gasteiger partial charge on any atom is -0.314 e. The standard InChI is InChI=1S/C10H21N3/c1-8-7-13(2)4-3-10(8)12-9-5-11-6-9/h8-12H,3-7H2,1-2H3. The van der Waals surface area contributed by atoms with Crippen LogP contribution in [0.5, 0.6) is 0 Å². The number of likely N-dealkylation sites (tertiary alicyclic amines) is 1. The van der Waals surface area contributed by atoms with Crippen molar-refractivity contribution in [1.82, 2.24) is 15.5 Å². The maximum absolute atomic E-state index is 3.74. The average molecular weight is 183 g/mol. The zero-order valence-electron chi connectivity index (χ0n) is 8.71. The molecule has 13 heavy (non-hydrogen) atoms. The zero-order chi connectivity index (χ0) is 9.26. The molecular formula is C10H21N3. The van der Waals surface area contributed by atoms with Gasteiger partial charge >= 0.3 is 0 Å². The molecule has 0 spiro atoms. The molecule has 3 heteroatoms. The van der Waals surface area contributed by atoms with E-state index in [1.54, 1.807) is 0 Å². The molecule has 76 valence electrons. The van der Waals surface area contributed by atoms with Crippen LogP contribution in [0.1, 0.15) is 13.3 Å². The molecule has 2 saturated heterocycles. The predicted octanol–water partition coefficient (Wildman–Crippen LogP) is -0.112. The van der Waals surface area contributed by atoms with Gasteiger partial charge in [-0.3, -0.25) is 0 Å². The van der Waals surface area contributed by atoms with Crippen molar-refractivity contribution in [3.8, 4) is 0 Å². The van der Waals surface area contributed by atoms with Crippen LogP contribution < -0.4 is 10.6 Å². The molecule has 2 heterocycles. The van der Waals surface area contributed by atoms with E-state index in [1.165, 1.54) is 32.6 Å². The van der Waals surface area contributed by atoms with E-state index in [0.717, 1.165) is 18.0 Å². The second-order valence-electron chi connectivity index (χ2n) is 4.66. The van der Waals surface area contributed by atoms with Gasteiger partial charge in [0.1, 0.15) is 0 Å². The fourth-order valence-electron chi connectivity index (χ4n) is 2.31. The van der Waals surface area contributed by atoms with Crippen molar-refractivity contribution in [3.63, 3.8) is 0 Å². The van der Waals surface area contributed by atoms with Gasteiger partial charge in [-0.1, -0.05) is 6.92 Å². The van der Waals surface area contributed by atoms with Crippen LogP contribution in [0, 0.1) is 5.92 Å². The Morgan fingerprint density at radius 2 is 2.15 bits per heavy atom. The highest BCUT2D eigenvalue weighted by atomic mass is 15.2. The van der Waals surface area contributed by atoms with Gasteiger partial charge in [0.2, 0.25) is 0 Å². The highest BCUT2D eigenvalue weighted by Crippen LogP contribution is 2.16. The molecule has 2 unspecified atom stereocenters. The third-order valence-electron chi connectivity index (χ3n) is 3.34. The Hall–Kier alpha value is -0.120. The van der Waals surface area contributed by atoms with Gasteiger partial charge in [0.05, 0.1) is 0 Å². The molecule has 0 bridgehead atoms. The first-order valence-corrected chi connectivity index (χ1v) is 5.41. The van der Waals surface area contributed by atoms with E-state index in [1.807, 2.05) is 0 Å². The van der Waals surface area contributed by atoms with Crippen molar-refractivity contribution in [2.75, 3.05) is 33.2 Å². The molecule has 0 aliphatic carbocycles. The number of nitrogens with one attached hydrogen (secondary N) is 2.